The fourth-order valence-electron chi connectivity index (χ4n) is 2.44. The summed E-state index contributed by atoms with van der Waals surface area (Å²) in [6.07, 6.45) is 2.07. The molecule has 2 aromatic carbocycles. The Labute approximate surface area is 148 Å². The first-order chi connectivity index (χ1) is 12.2. The minimum atomic E-state index is -0.219. The maximum absolute atomic E-state index is 12.8. The van der Waals surface area contributed by atoms with E-state index in [1.807, 2.05) is 24.3 Å². The van der Waals surface area contributed by atoms with Crippen LogP contribution < -0.4 is 15.4 Å². The van der Waals surface area contributed by atoms with Crippen LogP contribution in [0.2, 0.25) is 0 Å². The summed E-state index contributed by atoms with van der Waals surface area (Å²) in [6, 6.07) is 14.3. The topological polar surface area (TPSA) is 50.4 Å². The average Bonchev–Trinajstić information content (AvgIpc) is 2.63. The SMILES string of the molecule is COc1ccc(CCNC(=O)CCNCCc2ccc(F)cc2)cc1. The number of nitrogens with one attached hydrogen (secondary N) is 2. The highest BCUT2D eigenvalue weighted by molar-refractivity contribution is 5.76. The van der Waals surface area contributed by atoms with Crippen LogP contribution in [0.5, 0.6) is 5.75 Å². The maximum Gasteiger partial charge on any atom is 0.221 e. The first kappa shape index (κ1) is 18.9. The van der Waals surface area contributed by atoms with Crippen molar-refractivity contribution in [1.29, 1.82) is 0 Å². The van der Waals surface area contributed by atoms with Crippen molar-refractivity contribution < 1.29 is 13.9 Å². The Balaban J connectivity index is 1.52. The van der Waals surface area contributed by atoms with Crippen LogP contribution in [-0.2, 0) is 17.6 Å². The van der Waals surface area contributed by atoms with Crippen molar-refractivity contribution >= 4 is 5.91 Å². The third-order valence-corrected chi connectivity index (χ3v) is 3.93. The average molecular weight is 344 g/mol. The van der Waals surface area contributed by atoms with Crippen molar-refractivity contribution in [3.63, 3.8) is 0 Å². The molecule has 0 bridgehead atoms. The Morgan fingerprint density at radius 3 is 2.16 bits per heavy atom. The summed E-state index contributed by atoms with van der Waals surface area (Å²) in [4.78, 5) is 11.8. The number of hydrogen-bond acceptors (Lipinski definition) is 3. The molecule has 25 heavy (non-hydrogen) atoms. The molecule has 0 heterocycles. The lowest BCUT2D eigenvalue weighted by Crippen LogP contribution is -2.29. The third kappa shape index (κ3) is 7.35. The Hall–Kier alpha value is -2.40. The molecule has 0 spiro atoms. The van der Waals surface area contributed by atoms with Crippen LogP contribution >= 0.6 is 0 Å². The van der Waals surface area contributed by atoms with Gasteiger partial charge in [0.1, 0.15) is 11.6 Å². The molecular weight excluding hydrogens is 319 g/mol. The molecule has 0 saturated carbocycles. The van der Waals surface area contributed by atoms with E-state index in [0.717, 1.165) is 30.7 Å². The second kappa shape index (κ2) is 10.5. The van der Waals surface area contributed by atoms with Gasteiger partial charge in [-0.1, -0.05) is 24.3 Å². The van der Waals surface area contributed by atoms with Crippen LogP contribution in [0.15, 0.2) is 48.5 Å². The Bertz CT molecular complexity index is 642. The lowest BCUT2D eigenvalue weighted by atomic mass is 10.1. The fraction of sp³-hybridized carbons (Fsp3) is 0.350. The molecule has 2 aromatic rings. The lowest BCUT2D eigenvalue weighted by Gasteiger charge is -2.07. The normalized spacial score (nSPS) is 10.5. The molecule has 0 aromatic heterocycles. The summed E-state index contributed by atoms with van der Waals surface area (Å²) in [6.45, 7) is 2.03. The zero-order valence-electron chi connectivity index (χ0n) is 14.6. The van der Waals surface area contributed by atoms with Crippen LogP contribution in [0.4, 0.5) is 4.39 Å². The van der Waals surface area contributed by atoms with Crippen molar-refractivity contribution in [2.75, 3.05) is 26.7 Å². The second-order valence-corrected chi connectivity index (χ2v) is 5.82. The number of halogens is 1. The number of rotatable bonds is 10. The Kier molecular flexibility index (Phi) is 7.92. The minimum absolute atomic E-state index is 0.0443. The maximum atomic E-state index is 12.8. The van der Waals surface area contributed by atoms with E-state index >= 15 is 0 Å². The number of methoxy groups -OCH3 is 1. The molecule has 2 rings (SSSR count). The molecule has 2 N–H and O–H groups in total. The van der Waals surface area contributed by atoms with Gasteiger partial charge in [-0.05, 0) is 54.8 Å². The molecule has 0 fully saturated rings. The molecule has 0 aliphatic heterocycles. The zero-order chi connectivity index (χ0) is 17.9. The van der Waals surface area contributed by atoms with Crippen LogP contribution in [0.1, 0.15) is 17.5 Å². The van der Waals surface area contributed by atoms with E-state index in [0.29, 0.717) is 19.5 Å². The number of carbonyl (C=O) groups excluding carboxylic acids is 1. The van der Waals surface area contributed by atoms with Crippen LogP contribution in [0.25, 0.3) is 0 Å². The van der Waals surface area contributed by atoms with E-state index in [-0.39, 0.29) is 11.7 Å². The highest BCUT2D eigenvalue weighted by atomic mass is 19.1. The van der Waals surface area contributed by atoms with Gasteiger partial charge in [0.15, 0.2) is 0 Å². The highest BCUT2D eigenvalue weighted by Gasteiger charge is 2.01. The van der Waals surface area contributed by atoms with E-state index in [9.17, 15) is 9.18 Å². The number of amides is 1. The monoisotopic (exact) mass is 344 g/mol. The summed E-state index contributed by atoms with van der Waals surface area (Å²) in [5.74, 6) is 0.658. The van der Waals surface area contributed by atoms with E-state index in [1.165, 1.54) is 17.7 Å². The van der Waals surface area contributed by atoms with Crippen molar-refractivity contribution in [3.05, 3.63) is 65.5 Å². The smallest absolute Gasteiger partial charge is 0.221 e. The molecule has 134 valence electrons. The van der Waals surface area contributed by atoms with E-state index in [1.54, 1.807) is 19.2 Å². The fourth-order valence-corrected chi connectivity index (χ4v) is 2.44. The summed E-state index contributed by atoms with van der Waals surface area (Å²) >= 11 is 0. The summed E-state index contributed by atoms with van der Waals surface area (Å²) in [5, 5.41) is 6.15. The molecule has 0 atom stereocenters. The van der Waals surface area contributed by atoms with Gasteiger partial charge in [0.2, 0.25) is 5.91 Å². The summed E-state index contributed by atoms with van der Waals surface area (Å²) < 4.78 is 17.9. The third-order valence-electron chi connectivity index (χ3n) is 3.93. The second-order valence-electron chi connectivity index (χ2n) is 5.82. The van der Waals surface area contributed by atoms with Crippen LogP contribution in [0, 0.1) is 5.82 Å². The molecule has 0 saturated heterocycles. The van der Waals surface area contributed by atoms with Gasteiger partial charge in [-0.2, -0.15) is 0 Å². The zero-order valence-corrected chi connectivity index (χ0v) is 14.6. The lowest BCUT2D eigenvalue weighted by molar-refractivity contribution is -0.120. The van der Waals surface area contributed by atoms with Crippen LogP contribution in [-0.4, -0.2) is 32.7 Å². The standard InChI is InChI=1S/C20H25FN2O2/c1-25-19-8-4-17(5-9-19)11-15-23-20(24)12-14-22-13-10-16-2-6-18(21)7-3-16/h2-9,22H,10-15H2,1H3,(H,23,24). The number of benzene rings is 2. The van der Waals surface area contributed by atoms with Gasteiger partial charge in [0.05, 0.1) is 7.11 Å². The Morgan fingerprint density at radius 2 is 1.52 bits per heavy atom. The van der Waals surface area contributed by atoms with Gasteiger partial charge >= 0.3 is 0 Å². The van der Waals surface area contributed by atoms with Gasteiger partial charge in [0.25, 0.3) is 0 Å². The first-order valence-corrected chi connectivity index (χ1v) is 8.52. The Morgan fingerprint density at radius 1 is 0.920 bits per heavy atom. The molecule has 1 amide bonds. The number of ether oxygens (including phenoxy) is 1. The van der Waals surface area contributed by atoms with Gasteiger partial charge in [-0.25, -0.2) is 4.39 Å². The van der Waals surface area contributed by atoms with Crippen molar-refractivity contribution in [3.8, 4) is 5.75 Å². The summed E-state index contributed by atoms with van der Waals surface area (Å²) in [7, 11) is 1.64. The van der Waals surface area contributed by atoms with E-state index in [4.69, 9.17) is 4.74 Å². The van der Waals surface area contributed by atoms with Crippen molar-refractivity contribution in [1.82, 2.24) is 10.6 Å². The number of hydrogen-bond donors (Lipinski definition) is 2. The molecular formula is C20H25FN2O2. The van der Waals surface area contributed by atoms with E-state index < -0.39 is 0 Å². The molecule has 0 aliphatic rings. The van der Waals surface area contributed by atoms with Crippen LogP contribution in [0.3, 0.4) is 0 Å². The van der Waals surface area contributed by atoms with Gasteiger partial charge < -0.3 is 15.4 Å². The summed E-state index contributed by atoms with van der Waals surface area (Å²) in [5.41, 5.74) is 2.25. The molecule has 0 aliphatic carbocycles. The highest BCUT2D eigenvalue weighted by Crippen LogP contribution is 2.11. The van der Waals surface area contributed by atoms with Gasteiger partial charge in [0, 0.05) is 19.5 Å². The van der Waals surface area contributed by atoms with Gasteiger partial charge in [-0.3, -0.25) is 4.79 Å². The van der Waals surface area contributed by atoms with Crippen molar-refractivity contribution in [2.24, 2.45) is 0 Å². The quantitative estimate of drug-likeness (QED) is 0.652. The number of carbonyl (C=O) groups is 1. The van der Waals surface area contributed by atoms with Gasteiger partial charge in [-0.15, -0.1) is 0 Å². The molecule has 5 heteroatoms. The molecule has 0 unspecified atom stereocenters. The predicted octanol–water partition coefficient (Wildman–Crippen LogP) is 2.72. The largest absolute Gasteiger partial charge is 0.497 e. The first-order valence-electron chi connectivity index (χ1n) is 8.52. The molecule has 0 radical (unpaired) electrons. The minimum Gasteiger partial charge on any atom is -0.497 e. The predicted molar refractivity (Wildman–Crippen MR) is 97.3 cm³/mol. The molecule has 4 nitrogen and oxygen atoms in total. The van der Waals surface area contributed by atoms with Crippen molar-refractivity contribution in [2.45, 2.75) is 19.3 Å². The van der Waals surface area contributed by atoms with E-state index in [2.05, 4.69) is 10.6 Å².